The number of nitro groups is 1. The van der Waals surface area contributed by atoms with Crippen molar-refractivity contribution in [2.45, 2.75) is 6.54 Å². The Morgan fingerprint density at radius 2 is 2.22 bits per heavy atom. The summed E-state index contributed by atoms with van der Waals surface area (Å²) in [7, 11) is 0. The van der Waals surface area contributed by atoms with Gasteiger partial charge in [-0.25, -0.2) is 0 Å². The fourth-order valence-electron chi connectivity index (χ4n) is 1.38. The predicted octanol–water partition coefficient (Wildman–Crippen LogP) is 2.63. The second kappa shape index (κ2) is 5.63. The van der Waals surface area contributed by atoms with Gasteiger partial charge in [0.25, 0.3) is 0 Å². The lowest BCUT2D eigenvalue weighted by Gasteiger charge is -2.07. The first-order valence-electron chi connectivity index (χ1n) is 5.21. The van der Waals surface area contributed by atoms with Gasteiger partial charge in [-0.1, -0.05) is 12.1 Å². The number of benzene rings is 1. The zero-order valence-electron chi connectivity index (χ0n) is 9.32. The number of aromatic nitrogens is 2. The maximum atomic E-state index is 10.5. The number of halogens is 1. The van der Waals surface area contributed by atoms with Gasteiger partial charge in [-0.15, -0.1) is 0 Å². The fourth-order valence-corrected chi connectivity index (χ4v) is 1.78. The molecule has 0 fully saturated rings. The van der Waals surface area contributed by atoms with Crippen molar-refractivity contribution < 1.29 is 9.66 Å². The van der Waals surface area contributed by atoms with Gasteiger partial charge in [0.15, 0.2) is 0 Å². The summed E-state index contributed by atoms with van der Waals surface area (Å²) in [6.45, 7) is 0.844. The molecule has 0 atom stereocenters. The molecule has 1 heterocycles. The Labute approximate surface area is 111 Å². The molecular weight excluding hydrogens is 302 g/mol. The predicted molar refractivity (Wildman–Crippen MR) is 68.5 cm³/mol. The summed E-state index contributed by atoms with van der Waals surface area (Å²) in [5.74, 6) is 0.735. The molecule has 1 aromatic heterocycles. The number of nitrogens with zero attached hydrogens (tertiary/aromatic N) is 3. The van der Waals surface area contributed by atoms with Crippen LogP contribution in [0.3, 0.4) is 0 Å². The third kappa shape index (κ3) is 3.07. The maximum absolute atomic E-state index is 10.5. The van der Waals surface area contributed by atoms with E-state index >= 15 is 0 Å². The topological polar surface area (TPSA) is 70.2 Å². The monoisotopic (exact) mass is 311 g/mol. The highest BCUT2D eigenvalue weighted by Gasteiger charge is 2.08. The minimum Gasteiger partial charge on any atom is -0.490 e. The molecule has 1 aromatic carbocycles. The maximum Gasteiger partial charge on any atom is 0.306 e. The highest BCUT2D eigenvalue weighted by molar-refractivity contribution is 9.10. The lowest BCUT2D eigenvalue weighted by Crippen LogP contribution is -2.08. The minimum atomic E-state index is -0.474. The average molecular weight is 312 g/mol. The smallest absolute Gasteiger partial charge is 0.306 e. The fraction of sp³-hybridized carbons (Fsp3) is 0.182. The van der Waals surface area contributed by atoms with Crippen molar-refractivity contribution in [1.29, 1.82) is 0 Å². The summed E-state index contributed by atoms with van der Waals surface area (Å²) in [5, 5.41) is 14.3. The zero-order chi connectivity index (χ0) is 13.0. The van der Waals surface area contributed by atoms with E-state index in [4.69, 9.17) is 4.74 Å². The van der Waals surface area contributed by atoms with E-state index in [2.05, 4.69) is 21.0 Å². The number of para-hydroxylation sites is 1. The van der Waals surface area contributed by atoms with Crippen LogP contribution in [0.4, 0.5) is 5.69 Å². The SMILES string of the molecule is O=[N+]([O-])c1cnn(CCOc2ccccc2Br)c1. The van der Waals surface area contributed by atoms with Gasteiger partial charge in [-0.05, 0) is 28.1 Å². The molecule has 2 rings (SSSR count). The summed E-state index contributed by atoms with van der Waals surface area (Å²) in [6.07, 6.45) is 2.60. The van der Waals surface area contributed by atoms with E-state index in [9.17, 15) is 10.1 Å². The van der Waals surface area contributed by atoms with Crippen molar-refractivity contribution >= 4 is 21.6 Å². The van der Waals surface area contributed by atoms with E-state index in [1.807, 2.05) is 24.3 Å². The molecule has 0 amide bonds. The third-order valence-corrected chi connectivity index (χ3v) is 2.90. The Kier molecular flexibility index (Phi) is 3.93. The molecule has 0 saturated heterocycles. The van der Waals surface area contributed by atoms with Crippen molar-refractivity contribution in [2.75, 3.05) is 6.61 Å². The van der Waals surface area contributed by atoms with Gasteiger partial charge >= 0.3 is 5.69 Å². The molecule has 0 bridgehead atoms. The number of rotatable bonds is 5. The van der Waals surface area contributed by atoms with Crippen LogP contribution in [0.15, 0.2) is 41.1 Å². The summed E-state index contributed by atoms with van der Waals surface area (Å²) in [4.78, 5) is 9.99. The molecule has 0 N–H and O–H groups in total. The molecule has 0 radical (unpaired) electrons. The lowest BCUT2D eigenvalue weighted by atomic mass is 10.3. The van der Waals surface area contributed by atoms with Gasteiger partial charge in [0.1, 0.15) is 24.8 Å². The molecule has 2 aromatic rings. The van der Waals surface area contributed by atoms with Gasteiger partial charge < -0.3 is 4.74 Å². The van der Waals surface area contributed by atoms with Gasteiger partial charge in [0, 0.05) is 0 Å². The van der Waals surface area contributed by atoms with E-state index in [0.717, 1.165) is 10.2 Å². The Balaban J connectivity index is 1.88. The molecular formula is C11H10BrN3O3. The van der Waals surface area contributed by atoms with E-state index in [1.165, 1.54) is 17.1 Å². The highest BCUT2D eigenvalue weighted by Crippen LogP contribution is 2.23. The van der Waals surface area contributed by atoms with Crippen molar-refractivity contribution in [3.8, 4) is 5.75 Å². The van der Waals surface area contributed by atoms with Crippen molar-refractivity contribution in [3.63, 3.8) is 0 Å². The second-order valence-corrected chi connectivity index (χ2v) is 4.35. The van der Waals surface area contributed by atoms with Crippen LogP contribution in [0.5, 0.6) is 5.75 Å². The first-order chi connectivity index (χ1) is 8.66. The van der Waals surface area contributed by atoms with Crippen LogP contribution in [0.25, 0.3) is 0 Å². The molecule has 7 heteroatoms. The van der Waals surface area contributed by atoms with E-state index in [-0.39, 0.29) is 5.69 Å². The van der Waals surface area contributed by atoms with Crippen LogP contribution < -0.4 is 4.74 Å². The van der Waals surface area contributed by atoms with Crippen molar-refractivity contribution in [2.24, 2.45) is 0 Å². The van der Waals surface area contributed by atoms with Crippen LogP contribution in [-0.4, -0.2) is 21.3 Å². The van der Waals surface area contributed by atoms with Crippen LogP contribution in [0, 0.1) is 10.1 Å². The Bertz CT molecular complexity index is 556. The van der Waals surface area contributed by atoms with E-state index in [1.54, 1.807) is 0 Å². The number of hydrogen-bond donors (Lipinski definition) is 0. The summed E-state index contributed by atoms with van der Waals surface area (Å²) < 4.78 is 7.89. The van der Waals surface area contributed by atoms with Crippen LogP contribution in [0.1, 0.15) is 0 Å². The molecule has 0 aliphatic carbocycles. The molecule has 0 saturated carbocycles. The summed E-state index contributed by atoms with van der Waals surface area (Å²) in [6, 6.07) is 7.50. The molecule has 6 nitrogen and oxygen atoms in total. The largest absolute Gasteiger partial charge is 0.490 e. The molecule has 0 aliphatic heterocycles. The first-order valence-corrected chi connectivity index (χ1v) is 6.00. The standard InChI is InChI=1S/C11H10BrN3O3/c12-10-3-1-2-4-11(10)18-6-5-14-8-9(7-13-14)15(16)17/h1-4,7-8H,5-6H2. The molecule has 0 aliphatic rings. The summed E-state index contributed by atoms with van der Waals surface area (Å²) in [5.41, 5.74) is -0.0177. The molecule has 94 valence electrons. The number of hydrogen-bond acceptors (Lipinski definition) is 4. The van der Waals surface area contributed by atoms with Crippen LogP contribution in [-0.2, 0) is 6.54 Å². The van der Waals surface area contributed by atoms with Crippen molar-refractivity contribution in [3.05, 3.63) is 51.2 Å². The second-order valence-electron chi connectivity index (χ2n) is 3.50. The molecule has 0 unspecified atom stereocenters. The quantitative estimate of drug-likeness (QED) is 0.628. The van der Waals surface area contributed by atoms with Crippen LogP contribution in [0.2, 0.25) is 0 Å². The molecule has 18 heavy (non-hydrogen) atoms. The van der Waals surface area contributed by atoms with Gasteiger partial charge in [0.05, 0.1) is 15.9 Å². The van der Waals surface area contributed by atoms with Gasteiger partial charge in [-0.3, -0.25) is 14.8 Å². The highest BCUT2D eigenvalue weighted by atomic mass is 79.9. The van der Waals surface area contributed by atoms with Crippen molar-refractivity contribution in [1.82, 2.24) is 9.78 Å². The van der Waals surface area contributed by atoms with E-state index < -0.39 is 4.92 Å². The lowest BCUT2D eigenvalue weighted by molar-refractivity contribution is -0.385. The third-order valence-electron chi connectivity index (χ3n) is 2.25. The Morgan fingerprint density at radius 1 is 1.44 bits per heavy atom. The number of ether oxygens (including phenoxy) is 1. The van der Waals surface area contributed by atoms with Crippen LogP contribution >= 0.6 is 15.9 Å². The summed E-state index contributed by atoms with van der Waals surface area (Å²) >= 11 is 3.37. The Morgan fingerprint density at radius 3 is 2.89 bits per heavy atom. The average Bonchev–Trinajstić information content (AvgIpc) is 2.80. The first kappa shape index (κ1) is 12.6. The van der Waals surface area contributed by atoms with E-state index in [0.29, 0.717) is 13.2 Å². The van der Waals surface area contributed by atoms with Gasteiger partial charge in [0.2, 0.25) is 0 Å². The minimum absolute atomic E-state index is 0.0177. The molecule has 0 spiro atoms. The van der Waals surface area contributed by atoms with Gasteiger partial charge in [-0.2, -0.15) is 5.10 Å². The normalized spacial score (nSPS) is 10.3. The zero-order valence-corrected chi connectivity index (χ0v) is 10.9. The Hall–Kier alpha value is -1.89.